The van der Waals surface area contributed by atoms with Crippen LogP contribution in [0.5, 0.6) is 5.75 Å². The fourth-order valence-corrected chi connectivity index (χ4v) is 1.88. The lowest BCUT2D eigenvalue weighted by Crippen LogP contribution is -2.01. The number of nitrogens with zero attached hydrogens (tertiary/aromatic N) is 1. The van der Waals surface area contributed by atoms with Gasteiger partial charge in [0.2, 0.25) is 0 Å². The van der Waals surface area contributed by atoms with Crippen LogP contribution in [0.4, 0.5) is 5.69 Å². The maximum Gasteiger partial charge on any atom is 0.296 e. The summed E-state index contributed by atoms with van der Waals surface area (Å²) in [4.78, 5) is 10.6. The summed E-state index contributed by atoms with van der Waals surface area (Å²) in [5, 5.41) is 23.6. The molecule has 0 unspecified atom stereocenters. The van der Waals surface area contributed by atoms with E-state index in [4.69, 9.17) is 0 Å². The van der Waals surface area contributed by atoms with Crippen LogP contribution in [0.2, 0.25) is 0 Å². The fourth-order valence-electron chi connectivity index (χ4n) is 1.62. The third-order valence-electron chi connectivity index (χ3n) is 2.60. The zero-order valence-electron chi connectivity index (χ0n) is 10.3. The average Bonchev–Trinajstić information content (AvgIpc) is 2.42. The summed E-state index contributed by atoms with van der Waals surface area (Å²) in [5.74, 6) is -0.131. The van der Waals surface area contributed by atoms with Crippen molar-refractivity contribution in [3.63, 3.8) is 0 Å². The standard InChI is InChI=1S/C14H11BrN2O3/c15-10-5-7-11(8-6-10)16-9-13(17(19)20)12-3-1-2-4-14(12)18/h1-9,16,18H. The number of phenolic OH excluding ortho intramolecular Hbond substituents is 1. The summed E-state index contributed by atoms with van der Waals surface area (Å²) in [5.41, 5.74) is 0.677. The van der Waals surface area contributed by atoms with Gasteiger partial charge in [-0.3, -0.25) is 10.1 Å². The van der Waals surface area contributed by atoms with E-state index < -0.39 is 4.92 Å². The SMILES string of the molecule is O=[N+]([O-])C(=CNc1ccc(Br)cc1)c1ccccc1O. The summed E-state index contributed by atoms with van der Waals surface area (Å²) in [7, 11) is 0. The number of hydrogen-bond donors (Lipinski definition) is 2. The molecular weight excluding hydrogens is 324 g/mol. The van der Waals surface area contributed by atoms with E-state index in [1.807, 2.05) is 12.1 Å². The molecule has 102 valence electrons. The molecular formula is C14H11BrN2O3. The van der Waals surface area contributed by atoms with E-state index in [0.29, 0.717) is 5.69 Å². The van der Waals surface area contributed by atoms with Gasteiger partial charge in [0.15, 0.2) is 0 Å². The highest BCUT2D eigenvalue weighted by atomic mass is 79.9. The van der Waals surface area contributed by atoms with Crippen LogP contribution in [0, 0.1) is 10.1 Å². The first-order valence-electron chi connectivity index (χ1n) is 5.73. The number of rotatable bonds is 4. The van der Waals surface area contributed by atoms with Gasteiger partial charge in [-0.2, -0.15) is 0 Å². The minimum Gasteiger partial charge on any atom is -0.507 e. The van der Waals surface area contributed by atoms with Crippen molar-refractivity contribution in [3.8, 4) is 5.75 Å². The Morgan fingerprint density at radius 2 is 1.85 bits per heavy atom. The van der Waals surface area contributed by atoms with Crippen molar-refractivity contribution in [2.24, 2.45) is 0 Å². The second-order valence-corrected chi connectivity index (χ2v) is 4.87. The van der Waals surface area contributed by atoms with Crippen LogP contribution in [0.15, 0.2) is 59.2 Å². The molecule has 0 aliphatic carbocycles. The van der Waals surface area contributed by atoms with Gasteiger partial charge in [0.1, 0.15) is 5.75 Å². The van der Waals surface area contributed by atoms with Crippen LogP contribution in [-0.4, -0.2) is 10.0 Å². The number of hydrogen-bond acceptors (Lipinski definition) is 4. The van der Waals surface area contributed by atoms with E-state index >= 15 is 0 Å². The summed E-state index contributed by atoms with van der Waals surface area (Å²) in [6, 6.07) is 13.3. The molecule has 2 rings (SSSR count). The molecule has 0 saturated carbocycles. The van der Waals surface area contributed by atoms with Crippen LogP contribution < -0.4 is 5.32 Å². The van der Waals surface area contributed by atoms with Crippen LogP contribution >= 0.6 is 15.9 Å². The molecule has 0 radical (unpaired) electrons. The molecule has 6 heteroatoms. The van der Waals surface area contributed by atoms with Crippen molar-refractivity contribution in [2.45, 2.75) is 0 Å². The normalized spacial score (nSPS) is 11.2. The van der Waals surface area contributed by atoms with Crippen LogP contribution in [0.3, 0.4) is 0 Å². The number of nitro groups is 1. The number of benzene rings is 2. The van der Waals surface area contributed by atoms with Gasteiger partial charge in [-0.1, -0.05) is 28.1 Å². The average molecular weight is 335 g/mol. The highest BCUT2D eigenvalue weighted by molar-refractivity contribution is 9.10. The minimum atomic E-state index is -0.541. The molecule has 0 fully saturated rings. The Hall–Kier alpha value is -2.34. The molecule has 0 atom stereocenters. The van der Waals surface area contributed by atoms with Gasteiger partial charge in [0.05, 0.1) is 16.7 Å². The van der Waals surface area contributed by atoms with Gasteiger partial charge < -0.3 is 10.4 Å². The Morgan fingerprint density at radius 1 is 1.20 bits per heavy atom. The summed E-state index contributed by atoms with van der Waals surface area (Å²) >= 11 is 3.31. The molecule has 0 amide bonds. The molecule has 0 heterocycles. The van der Waals surface area contributed by atoms with Gasteiger partial charge in [-0.05, 0) is 36.4 Å². The van der Waals surface area contributed by atoms with E-state index in [9.17, 15) is 15.2 Å². The minimum absolute atomic E-state index is 0.131. The third-order valence-corrected chi connectivity index (χ3v) is 3.13. The van der Waals surface area contributed by atoms with Crippen LogP contribution in [-0.2, 0) is 0 Å². The quantitative estimate of drug-likeness (QED) is 0.657. The molecule has 0 aliphatic rings. The lowest BCUT2D eigenvalue weighted by atomic mass is 10.1. The number of para-hydroxylation sites is 1. The number of halogens is 1. The van der Waals surface area contributed by atoms with Crippen molar-refractivity contribution in [1.82, 2.24) is 0 Å². The predicted molar refractivity (Wildman–Crippen MR) is 80.8 cm³/mol. The van der Waals surface area contributed by atoms with E-state index in [1.54, 1.807) is 24.3 Å². The monoisotopic (exact) mass is 334 g/mol. The van der Waals surface area contributed by atoms with Gasteiger partial charge in [0.25, 0.3) is 5.70 Å². The Bertz CT molecular complexity index is 654. The Labute approximate surface area is 123 Å². The lowest BCUT2D eigenvalue weighted by Gasteiger charge is -2.04. The highest BCUT2D eigenvalue weighted by Gasteiger charge is 2.17. The first-order chi connectivity index (χ1) is 9.58. The van der Waals surface area contributed by atoms with Crippen molar-refractivity contribution in [2.75, 3.05) is 5.32 Å². The maximum atomic E-state index is 11.1. The predicted octanol–water partition coefficient (Wildman–Crippen LogP) is 3.84. The summed E-state index contributed by atoms with van der Waals surface area (Å²) in [6.07, 6.45) is 1.26. The third kappa shape index (κ3) is 3.36. The number of nitrogens with one attached hydrogen (secondary N) is 1. The van der Waals surface area contributed by atoms with Gasteiger partial charge in [-0.15, -0.1) is 0 Å². The van der Waals surface area contributed by atoms with Crippen LogP contribution in [0.25, 0.3) is 5.70 Å². The molecule has 2 N–H and O–H groups in total. The number of anilines is 1. The largest absolute Gasteiger partial charge is 0.507 e. The van der Waals surface area contributed by atoms with Crippen molar-refractivity contribution in [1.29, 1.82) is 0 Å². The Morgan fingerprint density at radius 3 is 2.45 bits per heavy atom. The zero-order chi connectivity index (χ0) is 14.5. The smallest absolute Gasteiger partial charge is 0.296 e. The van der Waals surface area contributed by atoms with Crippen molar-refractivity contribution < 1.29 is 10.0 Å². The molecule has 5 nitrogen and oxygen atoms in total. The lowest BCUT2D eigenvalue weighted by molar-refractivity contribution is -0.375. The maximum absolute atomic E-state index is 11.1. The second kappa shape index (κ2) is 6.21. The molecule has 2 aromatic carbocycles. The van der Waals surface area contributed by atoms with Gasteiger partial charge >= 0.3 is 0 Å². The van der Waals surface area contributed by atoms with E-state index in [1.165, 1.54) is 18.3 Å². The highest BCUT2D eigenvalue weighted by Crippen LogP contribution is 2.25. The Kier molecular flexibility index (Phi) is 4.37. The molecule has 0 bridgehead atoms. The first kappa shape index (κ1) is 14.1. The second-order valence-electron chi connectivity index (χ2n) is 3.96. The topological polar surface area (TPSA) is 75.4 Å². The number of phenols is 1. The fraction of sp³-hybridized carbons (Fsp3) is 0. The molecule has 2 aromatic rings. The van der Waals surface area contributed by atoms with Gasteiger partial charge in [-0.25, -0.2) is 0 Å². The van der Waals surface area contributed by atoms with Crippen molar-refractivity contribution >= 4 is 27.3 Å². The van der Waals surface area contributed by atoms with Crippen molar-refractivity contribution in [3.05, 3.63) is 74.9 Å². The zero-order valence-corrected chi connectivity index (χ0v) is 11.9. The molecule has 0 saturated heterocycles. The molecule has 20 heavy (non-hydrogen) atoms. The first-order valence-corrected chi connectivity index (χ1v) is 6.52. The van der Waals surface area contributed by atoms with Gasteiger partial charge in [0, 0.05) is 10.2 Å². The van der Waals surface area contributed by atoms with E-state index in [-0.39, 0.29) is 17.0 Å². The molecule has 0 aliphatic heterocycles. The van der Waals surface area contributed by atoms with E-state index in [0.717, 1.165) is 4.47 Å². The number of aromatic hydroxyl groups is 1. The molecule has 0 spiro atoms. The summed E-state index contributed by atoms with van der Waals surface area (Å²) in [6.45, 7) is 0. The Balaban J connectivity index is 2.30. The van der Waals surface area contributed by atoms with Crippen LogP contribution in [0.1, 0.15) is 5.56 Å². The molecule has 0 aromatic heterocycles. The van der Waals surface area contributed by atoms with E-state index in [2.05, 4.69) is 21.2 Å². The summed E-state index contributed by atoms with van der Waals surface area (Å²) < 4.78 is 0.919.